The van der Waals surface area contributed by atoms with Crippen LogP contribution in [0, 0.1) is 6.92 Å². The van der Waals surface area contributed by atoms with Gasteiger partial charge in [-0.2, -0.15) is 0 Å². The number of esters is 1. The minimum Gasteiger partial charge on any atom is -0.506 e. The van der Waals surface area contributed by atoms with Gasteiger partial charge in [-0.1, -0.05) is 6.07 Å². The van der Waals surface area contributed by atoms with Gasteiger partial charge in [0.2, 0.25) is 5.91 Å². The monoisotopic (exact) mass is 340 g/mol. The Morgan fingerprint density at radius 2 is 2.00 bits per heavy atom. The van der Waals surface area contributed by atoms with E-state index in [1.165, 1.54) is 13.2 Å². The lowest BCUT2D eigenvalue weighted by molar-refractivity contribution is -0.146. The van der Waals surface area contributed by atoms with Gasteiger partial charge in [-0.05, 0) is 36.8 Å². The standard InChI is InChI=1S/C15H20N2O5S/c1-10-3-4-12(18)11(9-10)16-15(23)17-13(19)5-6-14(20)22-8-7-21-2/h3-4,9,18H,5-8H2,1-2H3,(H2,16,17,19,23). The Kier molecular flexibility index (Phi) is 8.00. The topological polar surface area (TPSA) is 96.9 Å². The second-order valence-corrected chi connectivity index (χ2v) is 5.14. The summed E-state index contributed by atoms with van der Waals surface area (Å²) in [5.74, 6) is -0.875. The molecule has 0 aromatic heterocycles. The summed E-state index contributed by atoms with van der Waals surface area (Å²) in [6.07, 6.45) is -0.0959. The molecule has 3 N–H and O–H groups in total. The summed E-state index contributed by atoms with van der Waals surface area (Å²) in [5.41, 5.74) is 1.33. The van der Waals surface area contributed by atoms with Crippen molar-refractivity contribution in [3.8, 4) is 5.75 Å². The van der Waals surface area contributed by atoms with Crippen molar-refractivity contribution in [1.29, 1.82) is 0 Å². The van der Waals surface area contributed by atoms with Gasteiger partial charge < -0.3 is 25.2 Å². The summed E-state index contributed by atoms with van der Waals surface area (Å²) in [4.78, 5) is 23.0. The number of rotatable bonds is 7. The first-order chi connectivity index (χ1) is 10.9. The van der Waals surface area contributed by atoms with E-state index in [-0.39, 0.29) is 30.3 Å². The molecule has 1 amide bonds. The maximum absolute atomic E-state index is 11.7. The fraction of sp³-hybridized carbons (Fsp3) is 0.400. The number of ether oxygens (including phenoxy) is 2. The van der Waals surface area contributed by atoms with Crippen LogP contribution in [0.4, 0.5) is 5.69 Å². The number of amides is 1. The Morgan fingerprint density at radius 1 is 1.26 bits per heavy atom. The summed E-state index contributed by atoms with van der Waals surface area (Å²) in [7, 11) is 1.50. The number of phenols is 1. The van der Waals surface area contributed by atoms with Gasteiger partial charge in [0.1, 0.15) is 12.4 Å². The Labute approximate surface area is 140 Å². The number of nitrogens with one attached hydrogen (secondary N) is 2. The summed E-state index contributed by atoms with van der Waals surface area (Å²) in [6, 6.07) is 4.97. The van der Waals surface area contributed by atoms with E-state index < -0.39 is 11.9 Å². The van der Waals surface area contributed by atoms with Gasteiger partial charge in [-0.15, -0.1) is 0 Å². The van der Waals surface area contributed by atoms with Crippen molar-refractivity contribution in [2.45, 2.75) is 19.8 Å². The molecule has 0 saturated heterocycles. The van der Waals surface area contributed by atoms with Gasteiger partial charge in [0.25, 0.3) is 0 Å². The molecule has 0 radical (unpaired) electrons. The summed E-state index contributed by atoms with van der Waals surface area (Å²) in [6.45, 7) is 2.33. The largest absolute Gasteiger partial charge is 0.506 e. The lowest BCUT2D eigenvalue weighted by Gasteiger charge is -2.11. The molecule has 0 atom stereocenters. The summed E-state index contributed by atoms with van der Waals surface area (Å²) in [5, 5.41) is 14.9. The predicted octanol–water partition coefficient (Wildman–Crippen LogP) is 1.48. The SMILES string of the molecule is COCCOC(=O)CCC(=O)NC(=S)Nc1cc(C)ccc1O. The fourth-order valence-electron chi connectivity index (χ4n) is 1.62. The molecular weight excluding hydrogens is 320 g/mol. The third-order valence-corrected chi connectivity index (χ3v) is 2.96. The molecule has 7 nitrogen and oxygen atoms in total. The number of carbonyl (C=O) groups excluding carboxylic acids is 2. The zero-order valence-electron chi connectivity index (χ0n) is 13.0. The molecule has 8 heteroatoms. The average Bonchev–Trinajstić information content (AvgIpc) is 2.49. The van der Waals surface area contributed by atoms with Crippen LogP contribution in [0.15, 0.2) is 18.2 Å². The zero-order valence-corrected chi connectivity index (χ0v) is 13.9. The van der Waals surface area contributed by atoms with E-state index in [9.17, 15) is 14.7 Å². The van der Waals surface area contributed by atoms with Gasteiger partial charge in [-0.25, -0.2) is 0 Å². The minimum atomic E-state index is -0.479. The number of aromatic hydroxyl groups is 1. The summed E-state index contributed by atoms with van der Waals surface area (Å²) >= 11 is 4.99. The van der Waals surface area contributed by atoms with Crippen LogP contribution in [-0.4, -0.2) is 42.4 Å². The van der Waals surface area contributed by atoms with Crippen molar-refractivity contribution in [3.63, 3.8) is 0 Å². The van der Waals surface area contributed by atoms with E-state index in [0.29, 0.717) is 12.3 Å². The highest BCUT2D eigenvalue weighted by Crippen LogP contribution is 2.23. The third-order valence-electron chi connectivity index (χ3n) is 2.76. The molecule has 0 aliphatic heterocycles. The number of aryl methyl sites for hydroxylation is 1. The van der Waals surface area contributed by atoms with Gasteiger partial charge in [0.05, 0.1) is 18.7 Å². The van der Waals surface area contributed by atoms with Crippen molar-refractivity contribution in [1.82, 2.24) is 5.32 Å². The van der Waals surface area contributed by atoms with Crippen molar-refractivity contribution < 1.29 is 24.2 Å². The molecule has 0 heterocycles. The van der Waals surface area contributed by atoms with Gasteiger partial charge >= 0.3 is 5.97 Å². The maximum Gasteiger partial charge on any atom is 0.306 e. The number of hydrogen-bond donors (Lipinski definition) is 3. The first kappa shape index (κ1) is 18.9. The number of benzene rings is 1. The maximum atomic E-state index is 11.7. The van der Waals surface area contributed by atoms with E-state index in [1.807, 2.05) is 6.92 Å². The van der Waals surface area contributed by atoms with E-state index in [4.69, 9.17) is 21.7 Å². The average molecular weight is 340 g/mol. The molecule has 0 aliphatic carbocycles. The number of anilines is 1. The van der Waals surface area contributed by atoms with Crippen molar-refractivity contribution >= 4 is 34.9 Å². The number of hydrogen-bond acceptors (Lipinski definition) is 6. The predicted molar refractivity (Wildman–Crippen MR) is 89.3 cm³/mol. The molecule has 1 aromatic carbocycles. The molecule has 0 spiro atoms. The Morgan fingerprint density at radius 3 is 2.70 bits per heavy atom. The third kappa shape index (κ3) is 7.57. The molecule has 0 aliphatic rings. The molecular formula is C15H20N2O5S. The summed E-state index contributed by atoms with van der Waals surface area (Å²) < 4.78 is 9.58. The van der Waals surface area contributed by atoms with Crippen LogP contribution in [0.1, 0.15) is 18.4 Å². The molecule has 126 valence electrons. The Balaban J connectivity index is 2.35. The highest BCUT2D eigenvalue weighted by Gasteiger charge is 2.10. The van der Waals surface area contributed by atoms with Gasteiger partial charge in [0.15, 0.2) is 5.11 Å². The molecule has 0 saturated carbocycles. The normalized spacial score (nSPS) is 10.0. The van der Waals surface area contributed by atoms with Crippen molar-refractivity contribution in [2.24, 2.45) is 0 Å². The molecule has 0 bridgehead atoms. The van der Waals surface area contributed by atoms with Crippen LogP contribution in [0.25, 0.3) is 0 Å². The van der Waals surface area contributed by atoms with Crippen LogP contribution in [0.5, 0.6) is 5.75 Å². The lowest BCUT2D eigenvalue weighted by atomic mass is 10.2. The highest BCUT2D eigenvalue weighted by molar-refractivity contribution is 7.80. The number of thiocarbonyl (C=S) groups is 1. The lowest BCUT2D eigenvalue weighted by Crippen LogP contribution is -2.34. The van der Waals surface area contributed by atoms with Gasteiger partial charge in [0, 0.05) is 13.5 Å². The van der Waals surface area contributed by atoms with Crippen LogP contribution in [-0.2, 0) is 19.1 Å². The van der Waals surface area contributed by atoms with Crippen LogP contribution >= 0.6 is 12.2 Å². The highest BCUT2D eigenvalue weighted by atomic mass is 32.1. The first-order valence-corrected chi connectivity index (χ1v) is 7.38. The number of phenolic OH excluding ortho intramolecular Hbond substituents is 1. The molecule has 1 rings (SSSR count). The second kappa shape index (κ2) is 9.75. The first-order valence-electron chi connectivity index (χ1n) is 6.97. The van der Waals surface area contributed by atoms with Crippen LogP contribution < -0.4 is 10.6 Å². The molecule has 1 aromatic rings. The Hall–Kier alpha value is -2.19. The van der Waals surface area contributed by atoms with E-state index in [0.717, 1.165) is 5.56 Å². The van der Waals surface area contributed by atoms with Crippen LogP contribution in [0.3, 0.4) is 0 Å². The van der Waals surface area contributed by atoms with E-state index in [2.05, 4.69) is 10.6 Å². The number of carbonyl (C=O) groups is 2. The van der Waals surface area contributed by atoms with Crippen molar-refractivity contribution in [3.05, 3.63) is 23.8 Å². The van der Waals surface area contributed by atoms with E-state index in [1.54, 1.807) is 12.1 Å². The van der Waals surface area contributed by atoms with Gasteiger partial charge in [-0.3, -0.25) is 9.59 Å². The van der Waals surface area contributed by atoms with Crippen LogP contribution in [0.2, 0.25) is 0 Å². The number of methoxy groups -OCH3 is 1. The molecule has 0 fully saturated rings. The fourth-order valence-corrected chi connectivity index (χ4v) is 1.84. The van der Waals surface area contributed by atoms with Crippen molar-refractivity contribution in [2.75, 3.05) is 25.6 Å². The molecule has 23 heavy (non-hydrogen) atoms. The Bertz CT molecular complexity index is 577. The zero-order chi connectivity index (χ0) is 17.2. The second-order valence-electron chi connectivity index (χ2n) is 4.74. The molecule has 0 unspecified atom stereocenters. The smallest absolute Gasteiger partial charge is 0.306 e. The quantitative estimate of drug-likeness (QED) is 0.299. The minimum absolute atomic E-state index is 0.0221. The van der Waals surface area contributed by atoms with E-state index >= 15 is 0 Å².